The molecule has 2 rings (SSSR count). The second-order valence-corrected chi connectivity index (χ2v) is 5.61. The Morgan fingerprint density at radius 3 is 2.78 bits per heavy atom. The lowest BCUT2D eigenvalue weighted by atomic mass is 9.94. The molecule has 1 aromatic carbocycles. The first-order chi connectivity index (χ1) is 10.9. The first-order valence-electron chi connectivity index (χ1n) is 7.32. The molecule has 0 aliphatic carbocycles. The molecule has 1 aromatic heterocycles. The molecule has 0 fully saturated rings. The monoisotopic (exact) mass is 323 g/mol. The maximum absolute atomic E-state index is 13.7. The van der Waals surface area contributed by atoms with E-state index >= 15 is 0 Å². The van der Waals surface area contributed by atoms with Crippen molar-refractivity contribution in [3.63, 3.8) is 0 Å². The fraction of sp³-hybridized carbons (Fsp3) is 0.375. The maximum Gasteiger partial charge on any atom is 0.254 e. The molecule has 7 heteroatoms. The fourth-order valence-corrected chi connectivity index (χ4v) is 2.16. The smallest absolute Gasteiger partial charge is 0.254 e. The number of amides is 1. The van der Waals surface area contributed by atoms with Crippen LogP contribution in [-0.4, -0.2) is 32.9 Å². The molecule has 124 valence electrons. The summed E-state index contributed by atoms with van der Waals surface area (Å²) in [6.07, 6.45) is 3.77. The normalized spacial score (nSPS) is 13.6. The number of rotatable bonds is 6. The van der Waals surface area contributed by atoms with E-state index in [2.05, 4.69) is 10.4 Å². The Balaban J connectivity index is 2.20. The highest BCUT2D eigenvalue weighted by Gasteiger charge is 2.25. The van der Waals surface area contributed by atoms with Crippen LogP contribution in [0.3, 0.4) is 0 Å². The maximum atomic E-state index is 13.7. The fourth-order valence-electron chi connectivity index (χ4n) is 2.16. The van der Waals surface area contributed by atoms with Crippen molar-refractivity contribution < 1.29 is 18.7 Å². The standard InChI is InChI=1S/C16H19F2N3O2/c1-3-16(2,6-7-22)20-15(23)11-9-19-21(10-11)14-5-4-12(17)8-13(14)18/h4-5,8-10,22H,3,6-7H2,1-2H3,(H,20,23). The van der Waals surface area contributed by atoms with Gasteiger partial charge in [0.15, 0.2) is 5.82 Å². The summed E-state index contributed by atoms with van der Waals surface area (Å²) in [7, 11) is 0. The summed E-state index contributed by atoms with van der Waals surface area (Å²) in [5, 5.41) is 15.9. The number of aromatic nitrogens is 2. The zero-order valence-corrected chi connectivity index (χ0v) is 13.0. The average Bonchev–Trinajstić information content (AvgIpc) is 2.97. The largest absolute Gasteiger partial charge is 0.396 e. The first kappa shape index (κ1) is 17.1. The van der Waals surface area contributed by atoms with Crippen molar-refractivity contribution in [3.05, 3.63) is 47.8 Å². The minimum atomic E-state index is -0.765. The number of carbonyl (C=O) groups is 1. The van der Waals surface area contributed by atoms with E-state index in [9.17, 15) is 13.6 Å². The van der Waals surface area contributed by atoms with Crippen LogP contribution in [0.5, 0.6) is 0 Å². The van der Waals surface area contributed by atoms with Crippen molar-refractivity contribution in [2.45, 2.75) is 32.2 Å². The molecule has 1 amide bonds. The van der Waals surface area contributed by atoms with Crippen LogP contribution in [0.1, 0.15) is 37.0 Å². The highest BCUT2D eigenvalue weighted by atomic mass is 19.1. The molecule has 1 heterocycles. The molecule has 1 atom stereocenters. The van der Waals surface area contributed by atoms with Gasteiger partial charge in [-0.25, -0.2) is 13.5 Å². The van der Waals surface area contributed by atoms with E-state index in [0.29, 0.717) is 12.8 Å². The number of halogens is 2. The van der Waals surface area contributed by atoms with Crippen LogP contribution in [0.4, 0.5) is 8.78 Å². The molecule has 0 radical (unpaired) electrons. The van der Waals surface area contributed by atoms with Crippen molar-refractivity contribution >= 4 is 5.91 Å². The highest BCUT2D eigenvalue weighted by molar-refractivity contribution is 5.94. The molecule has 5 nitrogen and oxygen atoms in total. The Bertz CT molecular complexity index is 702. The molecule has 0 aliphatic rings. The topological polar surface area (TPSA) is 67.2 Å². The minimum Gasteiger partial charge on any atom is -0.396 e. The summed E-state index contributed by atoms with van der Waals surface area (Å²) in [6.45, 7) is 3.71. The van der Waals surface area contributed by atoms with E-state index in [0.717, 1.165) is 12.1 Å². The van der Waals surface area contributed by atoms with Crippen molar-refractivity contribution in [1.82, 2.24) is 15.1 Å². The molecule has 2 N–H and O–H groups in total. The van der Waals surface area contributed by atoms with Crippen LogP contribution in [0.2, 0.25) is 0 Å². The van der Waals surface area contributed by atoms with Crippen LogP contribution in [0.15, 0.2) is 30.6 Å². The summed E-state index contributed by atoms with van der Waals surface area (Å²) >= 11 is 0. The predicted molar refractivity (Wildman–Crippen MR) is 81.3 cm³/mol. The summed E-state index contributed by atoms with van der Waals surface area (Å²) in [6, 6.07) is 3.13. The highest BCUT2D eigenvalue weighted by Crippen LogP contribution is 2.17. The van der Waals surface area contributed by atoms with Gasteiger partial charge in [-0.05, 0) is 31.9 Å². The Hall–Kier alpha value is -2.28. The molecule has 0 saturated carbocycles. The third-order valence-electron chi connectivity index (χ3n) is 3.86. The summed E-state index contributed by atoms with van der Waals surface area (Å²) < 4.78 is 27.9. The summed E-state index contributed by atoms with van der Waals surface area (Å²) in [4.78, 5) is 12.3. The van der Waals surface area contributed by atoms with Gasteiger partial charge in [0.05, 0.1) is 11.8 Å². The number of hydrogen-bond donors (Lipinski definition) is 2. The molecule has 0 saturated heterocycles. The van der Waals surface area contributed by atoms with Crippen LogP contribution < -0.4 is 5.32 Å². The van der Waals surface area contributed by atoms with Crippen LogP contribution in [-0.2, 0) is 0 Å². The number of nitrogens with zero attached hydrogens (tertiary/aromatic N) is 2. The van der Waals surface area contributed by atoms with Gasteiger partial charge in [-0.3, -0.25) is 4.79 Å². The Kier molecular flexibility index (Phi) is 5.10. The van der Waals surface area contributed by atoms with Gasteiger partial charge in [-0.2, -0.15) is 5.10 Å². The van der Waals surface area contributed by atoms with Gasteiger partial charge >= 0.3 is 0 Å². The predicted octanol–water partition coefficient (Wildman–Crippen LogP) is 2.43. The molecule has 23 heavy (non-hydrogen) atoms. The van der Waals surface area contributed by atoms with Crippen molar-refractivity contribution in [2.24, 2.45) is 0 Å². The molecular weight excluding hydrogens is 304 g/mol. The Labute approximate surface area is 132 Å². The second-order valence-electron chi connectivity index (χ2n) is 5.61. The van der Waals surface area contributed by atoms with E-state index in [4.69, 9.17) is 5.11 Å². The SMILES string of the molecule is CCC(C)(CCO)NC(=O)c1cnn(-c2ccc(F)cc2F)c1. The number of nitrogens with one attached hydrogen (secondary N) is 1. The lowest BCUT2D eigenvalue weighted by molar-refractivity contribution is 0.0886. The molecular formula is C16H19F2N3O2. The second kappa shape index (κ2) is 6.87. The average molecular weight is 323 g/mol. The lowest BCUT2D eigenvalue weighted by Gasteiger charge is -2.28. The molecule has 0 aliphatic heterocycles. The summed E-state index contributed by atoms with van der Waals surface area (Å²) in [5.74, 6) is -1.81. The van der Waals surface area contributed by atoms with Gasteiger partial charge in [0.1, 0.15) is 11.5 Å². The third-order valence-corrected chi connectivity index (χ3v) is 3.86. The minimum absolute atomic E-state index is 0.0370. The zero-order chi connectivity index (χ0) is 17.0. The van der Waals surface area contributed by atoms with Gasteiger partial charge in [0.2, 0.25) is 0 Å². The quantitative estimate of drug-likeness (QED) is 0.858. The van der Waals surface area contributed by atoms with Crippen LogP contribution in [0.25, 0.3) is 5.69 Å². The molecule has 0 spiro atoms. The van der Waals surface area contributed by atoms with Gasteiger partial charge in [-0.1, -0.05) is 6.92 Å². The van der Waals surface area contributed by atoms with E-state index in [1.165, 1.54) is 23.1 Å². The first-order valence-corrected chi connectivity index (χ1v) is 7.32. The van der Waals surface area contributed by atoms with Crippen molar-refractivity contribution in [1.29, 1.82) is 0 Å². The molecule has 0 bridgehead atoms. The van der Waals surface area contributed by atoms with Gasteiger partial charge in [0.25, 0.3) is 5.91 Å². The third kappa shape index (κ3) is 3.92. The Morgan fingerprint density at radius 2 is 2.17 bits per heavy atom. The van der Waals surface area contributed by atoms with Gasteiger partial charge < -0.3 is 10.4 Å². The Morgan fingerprint density at radius 1 is 1.43 bits per heavy atom. The number of aliphatic hydroxyl groups excluding tert-OH is 1. The van der Waals surface area contributed by atoms with E-state index in [1.54, 1.807) is 0 Å². The molecule has 1 unspecified atom stereocenters. The number of carbonyl (C=O) groups excluding carboxylic acids is 1. The van der Waals surface area contributed by atoms with E-state index in [-0.39, 0.29) is 23.8 Å². The van der Waals surface area contributed by atoms with Crippen molar-refractivity contribution in [3.8, 4) is 5.69 Å². The van der Waals surface area contributed by atoms with Crippen molar-refractivity contribution in [2.75, 3.05) is 6.61 Å². The summed E-state index contributed by atoms with van der Waals surface area (Å²) in [5.41, 5.74) is -0.222. The number of aliphatic hydroxyl groups is 1. The van der Waals surface area contributed by atoms with Gasteiger partial charge in [0, 0.05) is 24.4 Å². The molecule has 2 aromatic rings. The zero-order valence-electron chi connectivity index (χ0n) is 13.0. The van der Waals surface area contributed by atoms with E-state index in [1.807, 2.05) is 13.8 Å². The van der Waals surface area contributed by atoms with Crippen LogP contribution >= 0.6 is 0 Å². The number of benzene rings is 1. The van der Waals surface area contributed by atoms with E-state index < -0.39 is 17.2 Å². The number of hydrogen-bond acceptors (Lipinski definition) is 3. The van der Waals surface area contributed by atoms with Gasteiger partial charge in [-0.15, -0.1) is 0 Å². The lowest BCUT2D eigenvalue weighted by Crippen LogP contribution is -2.46. The van der Waals surface area contributed by atoms with Crippen LogP contribution in [0, 0.1) is 11.6 Å².